The summed E-state index contributed by atoms with van der Waals surface area (Å²) in [5, 5.41) is 11.6. The van der Waals surface area contributed by atoms with Crippen molar-refractivity contribution in [3.05, 3.63) is 24.3 Å². The van der Waals surface area contributed by atoms with E-state index in [1.165, 1.54) is 38.1 Å². The highest BCUT2D eigenvalue weighted by Gasteiger charge is 2.38. The van der Waals surface area contributed by atoms with Gasteiger partial charge in [0.1, 0.15) is 10.5 Å². The largest absolute Gasteiger partial charge is 0.508 e. The zero-order valence-corrected chi connectivity index (χ0v) is 10.7. The highest BCUT2D eigenvalue weighted by molar-refractivity contribution is 7.92. The number of anilines is 1. The first-order chi connectivity index (χ1) is 7.64. The average molecular weight is 257 g/mol. The van der Waals surface area contributed by atoms with E-state index in [-0.39, 0.29) is 5.75 Å². The van der Waals surface area contributed by atoms with Crippen molar-refractivity contribution in [3.63, 3.8) is 0 Å². The SMILES string of the molecule is CC(C)(C(=O)Nc1ccc(O)cc1)S(C)(=O)=O. The first kappa shape index (κ1) is 13.5. The number of rotatable bonds is 3. The zero-order valence-electron chi connectivity index (χ0n) is 9.89. The van der Waals surface area contributed by atoms with Crippen LogP contribution in [-0.2, 0) is 14.6 Å². The predicted molar refractivity (Wildman–Crippen MR) is 65.7 cm³/mol. The van der Waals surface area contributed by atoms with Crippen molar-refractivity contribution in [1.82, 2.24) is 0 Å². The third-order valence-corrected chi connectivity index (χ3v) is 4.64. The van der Waals surface area contributed by atoms with Crippen LogP contribution in [0.2, 0.25) is 0 Å². The molecular weight excluding hydrogens is 242 g/mol. The van der Waals surface area contributed by atoms with Gasteiger partial charge in [-0.05, 0) is 38.1 Å². The van der Waals surface area contributed by atoms with Crippen LogP contribution in [0.4, 0.5) is 5.69 Å². The van der Waals surface area contributed by atoms with E-state index in [1.54, 1.807) is 0 Å². The van der Waals surface area contributed by atoms with Crippen LogP contribution in [-0.4, -0.2) is 30.4 Å². The Kier molecular flexibility index (Phi) is 3.47. The maximum atomic E-state index is 11.8. The lowest BCUT2D eigenvalue weighted by Gasteiger charge is -2.21. The Bertz CT molecular complexity index is 517. The quantitative estimate of drug-likeness (QED) is 0.796. The number of hydrogen-bond acceptors (Lipinski definition) is 4. The average Bonchev–Trinajstić information content (AvgIpc) is 2.19. The molecule has 0 saturated heterocycles. The van der Waals surface area contributed by atoms with Crippen LogP contribution in [0.25, 0.3) is 0 Å². The van der Waals surface area contributed by atoms with E-state index in [9.17, 15) is 13.2 Å². The van der Waals surface area contributed by atoms with E-state index in [4.69, 9.17) is 5.11 Å². The van der Waals surface area contributed by atoms with Crippen LogP contribution in [0.1, 0.15) is 13.8 Å². The van der Waals surface area contributed by atoms with Gasteiger partial charge in [-0.25, -0.2) is 8.42 Å². The summed E-state index contributed by atoms with van der Waals surface area (Å²) in [6.07, 6.45) is 1.02. The molecule has 0 aliphatic rings. The number of phenols is 1. The molecule has 0 aliphatic heterocycles. The van der Waals surface area contributed by atoms with Gasteiger partial charge in [-0.15, -0.1) is 0 Å². The Morgan fingerprint density at radius 3 is 2.12 bits per heavy atom. The number of hydrogen-bond donors (Lipinski definition) is 2. The van der Waals surface area contributed by atoms with E-state index in [0.29, 0.717) is 5.69 Å². The molecular formula is C11H15NO4S. The molecule has 94 valence electrons. The zero-order chi connectivity index (χ0) is 13.3. The number of phenolic OH excluding ortho intramolecular Hbond substituents is 1. The smallest absolute Gasteiger partial charge is 0.245 e. The van der Waals surface area contributed by atoms with Gasteiger partial charge in [-0.1, -0.05) is 0 Å². The van der Waals surface area contributed by atoms with Crippen LogP contribution in [0, 0.1) is 0 Å². The number of nitrogens with one attached hydrogen (secondary N) is 1. The third kappa shape index (κ3) is 2.97. The fourth-order valence-corrected chi connectivity index (χ4v) is 1.38. The van der Waals surface area contributed by atoms with Crippen molar-refractivity contribution < 1.29 is 18.3 Å². The summed E-state index contributed by atoms with van der Waals surface area (Å²) in [4.78, 5) is 11.8. The number of carbonyl (C=O) groups excluding carboxylic acids is 1. The lowest BCUT2D eigenvalue weighted by atomic mass is 10.2. The van der Waals surface area contributed by atoms with Crippen molar-refractivity contribution >= 4 is 21.4 Å². The van der Waals surface area contributed by atoms with Crippen molar-refractivity contribution in [1.29, 1.82) is 0 Å². The summed E-state index contributed by atoms with van der Waals surface area (Å²) in [5.41, 5.74) is 0.435. The summed E-state index contributed by atoms with van der Waals surface area (Å²) >= 11 is 0. The number of aromatic hydroxyl groups is 1. The van der Waals surface area contributed by atoms with Crippen molar-refractivity contribution in [2.45, 2.75) is 18.6 Å². The molecule has 6 heteroatoms. The second-order valence-electron chi connectivity index (χ2n) is 4.28. The summed E-state index contributed by atoms with van der Waals surface area (Å²) in [6.45, 7) is 2.69. The second kappa shape index (κ2) is 4.37. The number of amides is 1. The van der Waals surface area contributed by atoms with Crippen LogP contribution >= 0.6 is 0 Å². The van der Waals surface area contributed by atoms with Gasteiger partial charge < -0.3 is 10.4 Å². The maximum Gasteiger partial charge on any atom is 0.245 e. The molecule has 0 unspecified atom stereocenters. The summed E-state index contributed by atoms with van der Waals surface area (Å²) in [6, 6.07) is 5.79. The monoisotopic (exact) mass is 257 g/mol. The van der Waals surface area contributed by atoms with Crippen LogP contribution < -0.4 is 5.32 Å². The number of carbonyl (C=O) groups is 1. The number of benzene rings is 1. The molecule has 1 aromatic rings. The summed E-state index contributed by atoms with van der Waals surface area (Å²) in [5.74, 6) is -0.531. The van der Waals surface area contributed by atoms with Gasteiger partial charge in [-0.2, -0.15) is 0 Å². The first-order valence-corrected chi connectivity index (χ1v) is 6.84. The molecule has 0 fully saturated rings. The van der Waals surface area contributed by atoms with E-state index in [0.717, 1.165) is 6.26 Å². The molecule has 5 nitrogen and oxygen atoms in total. The van der Waals surface area contributed by atoms with Gasteiger partial charge in [0, 0.05) is 11.9 Å². The van der Waals surface area contributed by atoms with E-state index in [2.05, 4.69) is 5.32 Å². The van der Waals surface area contributed by atoms with Gasteiger partial charge >= 0.3 is 0 Å². The lowest BCUT2D eigenvalue weighted by molar-refractivity contribution is -0.117. The predicted octanol–water partition coefficient (Wildman–Crippen LogP) is 1.15. The van der Waals surface area contributed by atoms with E-state index in [1.807, 2.05) is 0 Å². The molecule has 2 N–H and O–H groups in total. The van der Waals surface area contributed by atoms with Crippen molar-refractivity contribution in [2.75, 3.05) is 11.6 Å². The van der Waals surface area contributed by atoms with Gasteiger partial charge in [0.15, 0.2) is 9.84 Å². The third-order valence-electron chi connectivity index (χ3n) is 2.60. The topological polar surface area (TPSA) is 83.5 Å². The van der Waals surface area contributed by atoms with E-state index >= 15 is 0 Å². The molecule has 1 rings (SSSR count). The fraction of sp³-hybridized carbons (Fsp3) is 0.364. The Balaban J connectivity index is 2.90. The minimum Gasteiger partial charge on any atom is -0.508 e. The molecule has 1 amide bonds. The van der Waals surface area contributed by atoms with Gasteiger partial charge in [0.2, 0.25) is 5.91 Å². The van der Waals surface area contributed by atoms with Gasteiger partial charge in [0.25, 0.3) is 0 Å². The minimum atomic E-state index is -3.49. The highest BCUT2D eigenvalue weighted by Crippen LogP contribution is 2.19. The van der Waals surface area contributed by atoms with Crippen LogP contribution in [0.15, 0.2) is 24.3 Å². The molecule has 0 aromatic heterocycles. The first-order valence-electron chi connectivity index (χ1n) is 4.94. The molecule has 1 aromatic carbocycles. The lowest BCUT2D eigenvalue weighted by Crippen LogP contribution is -2.43. The summed E-state index contributed by atoms with van der Waals surface area (Å²) < 4.78 is 21.4. The van der Waals surface area contributed by atoms with E-state index < -0.39 is 20.5 Å². The van der Waals surface area contributed by atoms with Crippen LogP contribution in [0.3, 0.4) is 0 Å². The second-order valence-corrected chi connectivity index (χ2v) is 6.85. The Morgan fingerprint density at radius 1 is 1.24 bits per heavy atom. The fourth-order valence-electron chi connectivity index (χ4n) is 0.995. The standard InChI is InChI=1S/C11H15NO4S/c1-11(2,17(3,15)16)10(14)12-8-4-6-9(13)7-5-8/h4-7,13H,1-3H3,(H,12,14). The molecule has 0 heterocycles. The van der Waals surface area contributed by atoms with Crippen LogP contribution in [0.5, 0.6) is 5.75 Å². The molecule has 17 heavy (non-hydrogen) atoms. The molecule has 0 spiro atoms. The Hall–Kier alpha value is -1.56. The van der Waals surface area contributed by atoms with Crippen molar-refractivity contribution in [3.8, 4) is 5.75 Å². The normalized spacial score (nSPS) is 12.2. The molecule has 0 aliphatic carbocycles. The highest BCUT2D eigenvalue weighted by atomic mass is 32.2. The summed E-state index contributed by atoms with van der Waals surface area (Å²) in [7, 11) is -3.49. The molecule has 0 bridgehead atoms. The maximum absolute atomic E-state index is 11.8. The number of sulfone groups is 1. The van der Waals surface area contributed by atoms with Crippen molar-refractivity contribution in [2.24, 2.45) is 0 Å². The molecule has 0 saturated carbocycles. The molecule has 0 atom stereocenters. The Labute approximate surface area is 100 Å². The molecule has 0 radical (unpaired) electrons. The van der Waals surface area contributed by atoms with Gasteiger partial charge in [0.05, 0.1) is 0 Å². The van der Waals surface area contributed by atoms with Gasteiger partial charge in [-0.3, -0.25) is 4.79 Å². The Morgan fingerprint density at radius 2 is 1.71 bits per heavy atom. The minimum absolute atomic E-state index is 0.0744.